The standard InChI is InChI=1S/C26H28N2O6S/c1-28(23-12-6-7-13-24(23)33-2)35(31,32)22-16-14-21(15-17-22)26(30)34-19-25(29)27-18-8-11-20-9-4-3-5-10-20/h3-7,9-10,12-17H,8,11,18-19H2,1-2H3,(H,27,29). The number of nitrogens with one attached hydrogen (secondary N) is 1. The first-order valence-corrected chi connectivity index (χ1v) is 12.5. The Hall–Kier alpha value is -3.85. The molecule has 35 heavy (non-hydrogen) atoms. The number of carbonyl (C=O) groups excluding carboxylic acids is 2. The molecule has 0 spiro atoms. The molecule has 0 aliphatic rings. The molecule has 1 N–H and O–H groups in total. The van der Waals surface area contributed by atoms with Gasteiger partial charge in [-0.1, -0.05) is 42.5 Å². The van der Waals surface area contributed by atoms with Gasteiger partial charge in [0.15, 0.2) is 6.61 Å². The van der Waals surface area contributed by atoms with Crippen molar-refractivity contribution >= 4 is 27.6 Å². The van der Waals surface area contributed by atoms with Crippen LogP contribution in [0.1, 0.15) is 22.3 Å². The topological polar surface area (TPSA) is 102 Å². The molecule has 184 valence electrons. The molecule has 0 saturated carbocycles. The van der Waals surface area contributed by atoms with Gasteiger partial charge in [-0.15, -0.1) is 0 Å². The number of sulfonamides is 1. The number of rotatable bonds is 11. The summed E-state index contributed by atoms with van der Waals surface area (Å²) < 4.78 is 37.4. The Kier molecular flexibility index (Phi) is 8.86. The Morgan fingerprint density at radius 1 is 0.914 bits per heavy atom. The van der Waals surface area contributed by atoms with Gasteiger partial charge in [0, 0.05) is 13.6 Å². The number of amides is 1. The Labute approximate surface area is 205 Å². The third-order valence-electron chi connectivity index (χ3n) is 5.31. The van der Waals surface area contributed by atoms with Gasteiger partial charge in [-0.25, -0.2) is 13.2 Å². The van der Waals surface area contributed by atoms with E-state index >= 15 is 0 Å². The SMILES string of the molecule is COc1ccccc1N(C)S(=O)(=O)c1ccc(C(=O)OCC(=O)NCCCc2ccccc2)cc1. The number of anilines is 1. The molecule has 0 radical (unpaired) electrons. The molecule has 0 aliphatic carbocycles. The number of benzene rings is 3. The highest BCUT2D eigenvalue weighted by Crippen LogP contribution is 2.30. The minimum Gasteiger partial charge on any atom is -0.495 e. The minimum absolute atomic E-state index is 0.00128. The van der Waals surface area contributed by atoms with Crippen molar-refractivity contribution in [1.82, 2.24) is 5.32 Å². The Morgan fingerprint density at radius 2 is 1.57 bits per heavy atom. The van der Waals surface area contributed by atoms with Crippen molar-refractivity contribution in [3.05, 3.63) is 90.0 Å². The van der Waals surface area contributed by atoms with Gasteiger partial charge in [0.05, 0.1) is 23.3 Å². The van der Waals surface area contributed by atoms with Crippen LogP contribution in [0.3, 0.4) is 0 Å². The summed E-state index contributed by atoms with van der Waals surface area (Å²) in [5.41, 5.74) is 1.71. The highest BCUT2D eigenvalue weighted by Gasteiger charge is 2.24. The lowest BCUT2D eigenvalue weighted by molar-refractivity contribution is -0.124. The number of ether oxygens (including phenoxy) is 2. The molecule has 0 heterocycles. The lowest BCUT2D eigenvalue weighted by Gasteiger charge is -2.21. The Morgan fingerprint density at radius 3 is 2.26 bits per heavy atom. The summed E-state index contributed by atoms with van der Waals surface area (Å²) in [6.45, 7) is 0.0539. The van der Waals surface area contributed by atoms with E-state index in [0.29, 0.717) is 18.0 Å². The van der Waals surface area contributed by atoms with Crippen molar-refractivity contribution in [3.63, 3.8) is 0 Å². The van der Waals surface area contributed by atoms with E-state index in [0.717, 1.165) is 17.1 Å². The van der Waals surface area contributed by atoms with Gasteiger partial charge >= 0.3 is 5.97 Å². The quantitative estimate of drug-likeness (QED) is 0.322. The molecule has 0 unspecified atom stereocenters. The van der Waals surface area contributed by atoms with Crippen LogP contribution in [0.4, 0.5) is 5.69 Å². The molecule has 0 aromatic heterocycles. The van der Waals surface area contributed by atoms with E-state index in [2.05, 4.69) is 5.32 Å². The molecule has 3 aromatic rings. The van der Waals surface area contributed by atoms with Crippen LogP contribution in [0.2, 0.25) is 0 Å². The molecule has 0 bridgehead atoms. The Balaban J connectivity index is 1.51. The van der Waals surface area contributed by atoms with E-state index in [1.807, 2.05) is 30.3 Å². The zero-order chi connectivity index (χ0) is 25.3. The predicted octanol–water partition coefficient (Wildman–Crippen LogP) is 3.43. The molecule has 0 aliphatic heterocycles. The second-order valence-electron chi connectivity index (χ2n) is 7.68. The van der Waals surface area contributed by atoms with E-state index in [-0.39, 0.29) is 10.5 Å². The largest absolute Gasteiger partial charge is 0.495 e. The van der Waals surface area contributed by atoms with Crippen LogP contribution in [0.15, 0.2) is 83.8 Å². The molecule has 0 atom stereocenters. The molecule has 8 nitrogen and oxygen atoms in total. The lowest BCUT2D eigenvalue weighted by atomic mass is 10.1. The summed E-state index contributed by atoms with van der Waals surface area (Å²) >= 11 is 0. The number of methoxy groups -OCH3 is 1. The molecule has 3 rings (SSSR count). The van der Waals surface area contributed by atoms with E-state index < -0.39 is 28.5 Å². The minimum atomic E-state index is -3.89. The third-order valence-corrected chi connectivity index (χ3v) is 7.10. The van der Waals surface area contributed by atoms with Crippen molar-refractivity contribution in [2.75, 3.05) is 31.6 Å². The highest BCUT2D eigenvalue weighted by molar-refractivity contribution is 7.92. The smallest absolute Gasteiger partial charge is 0.338 e. The van der Waals surface area contributed by atoms with Crippen molar-refractivity contribution in [3.8, 4) is 5.75 Å². The van der Waals surface area contributed by atoms with Crippen LogP contribution in [0.5, 0.6) is 5.75 Å². The fourth-order valence-corrected chi connectivity index (χ4v) is 4.58. The zero-order valence-corrected chi connectivity index (χ0v) is 20.5. The molecule has 1 amide bonds. The number of aryl methyl sites for hydroxylation is 1. The van der Waals surface area contributed by atoms with E-state index in [9.17, 15) is 18.0 Å². The molecule has 0 fully saturated rings. The van der Waals surface area contributed by atoms with Crippen LogP contribution < -0.4 is 14.4 Å². The summed E-state index contributed by atoms with van der Waals surface area (Å²) in [7, 11) is -1.00. The average Bonchev–Trinajstić information content (AvgIpc) is 2.89. The molecule has 9 heteroatoms. The van der Waals surface area contributed by atoms with Crippen LogP contribution in [-0.4, -0.2) is 47.6 Å². The van der Waals surface area contributed by atoms with E-state index in [1.54, 1.807) is 24.3 Å². The maximum absolute atomic E-state index is 13.0. The van der Waals surface area contributed by atoms with Gasteiger partial charge in [-0.05, 0) is 54.8 Å². The number of carbonyl (C=O) groups is 2. The fraction of sp³-hybridized carbons (Fsp3) is 0.231. The number of nitrogens with zero attached hydrogens (tertiary/aromatic N) is 1. The summed E-state index contributed by atoms with van der Waals surface area (Å²) in [5.74, 6) is -0.701. The summed E-state index contributed by atoms with van der Waals surface area (Å²) in [4.78, 5) is 24.2. The second-order valence-corrected chi connectivity index (χ2v) is 9.65. The van der Waals surface area contributed by atoms with Crippen molar-refractivity contribution in [1.29, 1.82) is 0 Å². The first-order valence-electron chi connectivity index (χ1n) is 11.0. The van der Waals surface area contributed by atoms with Gasteiger partial charge in [-0.2, -0.15) is 0 Å². The van der Waals surface area contributed by atoms with E-state index in [1.165, 1.54) is 44.0 Å². The summed E-state index contributed by atoms with van der Waals surface area (Å²) in [6.07, 6.45) is 1.60. The molecule has 3 aromatic carbocycles. The Bertz CT molecular complexity index is 1240. The fourth-order valence-electron chi connectivity index (χ4n) is 3.37. The maximum Gasteiger partial charge on any atom is 0.338 e. The monoisotopic (exact) mass is 496 g/mol. The number of hydrogen-bond acceptors (Lipinski definition) is 6. The normalized spacial score (nSPS) is 10.9. The van der Waals surface area contributed by atoms with Crippen LogP contribution in [0.25, 0.3) is 0 Å². The molecule has 0 saturated heterocycles. The molecular weight excluding hydrogens is 468 g/mol. The highest BCUT2D eigenvalue weighted by atomic mass is 32.2. The average molecular weight is 497 g/mol. The maximum atomic E-state index is 13.0. The zero-order valence-electron chi connectivity index (χ0n) is 19.6. The van der Waals surface area contributed by atoms with Gasteiger partial charge in [0.1, 0.15) is 5.75 Å². The lowest BCUT2D eigenvalue weighted by Crippen LogP contribution is -2.29. The predicted molar refractivity (Wildman–Crippen MR) is 133 cm³/mol. The number of hydrogen-bond donors (Lipinski definition) is 1. The van der Waals surface area contributed by atoms with Crippen LogP contribution in [-0.2, 0) is 26.0 Å². The van der Waals surface area contributed by atoms with Gasteiger partial charge in [0.2, 0.25) is 0 Å². The van der Waals surface area contributed by atoms with Crippen molar-refractivity contribution < 1.29 is 27.5 Å². The van der Waals surface area contributed by atoms with Crippen molar-refractivity contribution in [2.45, 2.75) is 17.7 Å². The van der Waals surface area contributed by atoms with E-state index in [4.69, 9.17) is 9.47 Å². The molecular formula is C26H28N2O6S. The third kappa shape index (κ3) is 6.83. The van der Waals surface area contributed by atoms with Crippen LogP contribution >= 0.6 is 0 Å². The van der Waals surface area contributed by atoms with Crippen molar-refractivity contribution in [2.24, 2.45) is 0 Å². The second kappa shape index (κ2) is 12.0. The summed E-state index contributed by atoms with van der Waals surface area (Å²) in [6, 6.07) is 22.0. The van der Waals surface area contributed by atoms with Gasteiger partial charge in [0.25, 0.3) is 15.9 Å². The first-order chi connectivity index (χ1) is 16.8. The first kappa shape index (κ1) is 25.8. The van der Waals surface area contributed by atoms with Gasteiger partial charge in [-0.3, -0.25) is 9.10 Å². The number of esters is 1. The van der Waals surface area contributed by atoms with Gasteiger partial charge < -0.3 is 14.8 Å². The van der Waals surface area contributed by atoms with Crippen LogP contribution in [0, 0.1) is 0 Å². The number of para-hydroxylation sites is 2. The summed E-state index contributed by atoms with van der Waals surface area (Å²) in [5, 5.41) is 2.71.